The van der Waals surface area contributed by atoms with Gasteiger partial charge in [0, 0.05) is 17.4 Å². The Kier molecular flexibility index (Phi) is 5.41. The van der Waals surface area contributed by atoms with Crippen LogP contribution in [0.25, 0.3) is 21.3 Å². The first kappa shape index (κ1) is 22.2. The van der Waals surface area contributed by atoms with Crippen LogP contribution in [0, 0.1) is 13.8 Å². The van der Waals surface area contributed by atoms with Gasteiger partial charge in [0.1, 0.15) is 34.6 Å². The van der Waals surface area contributed by atoms with Crippen molar-refractivity contribution in [2.45, 2.75) is 32.9 Å². The summed E-state index contributed by atoms with van der Waals surface area (Å²) in [5.74, 6) is 0.868. The number of amides is 1. The van der Waals surface area contributed by atoms with Crippen LogP contribution in [-0.2, 0) is 11.3 Å². The van der Waals surface area contributed by atoms with E-state index >= 15 is 0 Å². The van der Waals surface area contributed by atoms with Gasteiger partial charge in [0.25, 0.3) is 11.5 Å². The second-order valence-electron chi connectivity index (χ2n) is 8.80. The second-order valence-corrected chi connectivity index (χ2v) is 9.66. The quantitative estimate of drug-likeness (QED) is 0.328. The third-order valence-electron chi connectivity index (χ3n) is 6.53. The molecule has 0 saturated carbocycles. The molecule has 0 radical (unpaired) electrons. The molecule has 6 rings (SSSR count). The summed E-state index contributed by atoms with van der Waals surface area (Å²) in [7, 11) is 0. The fraction of sp³-hybridized carbons (Fsp3) is 0.185. The van der Waals surface area contributed by atoms with Crippen LogP contribution in [0.1, 0.15) is 35.1 Å². The summed E-state index contributed by atoms with van der Waals surface area (Å²) < 4.78 is 12.4. The SMILES string of the molecule is Cc1ccc(-c2csc3ncn(CC(=O)N4N=C(c5ccco5)CC4c4ccco4)c(=O)c23)cc1C. The van der Waals surface area contributed by atoms with Crippen LogP contribution in [0.15, 0.2) is 85.4 Å². The summed E-state index contributed by atoms with van der Waals surface area (Å²) in [5, 5.41) is 8.39. The van der Waals surface area contributed by atoms with E-state index in [0.717, 1.165) is 16.7 Å². The summed E-state index contributed by atoms with van der Waals surface area (Å²) >= 11 is 1.42. The third kappa shape index (κ3) is 3.77. The number of furan rings is 2. The van der Waals surface area contributed by atoms with Crippen LogP contribution in [0.3, 0.4) is 0 Å². The van der Waals surface area contributed by atoms with Gasteiger partial charge < -0.3 is 8.83 Å². The highest BCUT2D eigenvalue weighted by Crippen LogP contribution is 2.34. The molecule has 1 unspecified atom stereocenters. The number of carbonyl (C=O) groups is 1. The molecule has 8 nitrogen and oxygen atoms in total. The second kappa shape index (κ2) is 8.76. The average Bonchev–Trinajstić information content (AvgIpc) is 3.67. The van der Waals surface area contributed by atoms with Crippen LogP contribution in [0.4, 0.5) is 0 Å². The molecule has 36 heavy (non-hydrogen) atoms. The summed E-state index contributed by atoms with van der Waals surface area (Å²) in [6, 6.07) is 12.9. The van der Waals surface area contributed by atoms with Crippen molar-refractivity contribution in [1.82, 2.24) is 14.6 Å². The molecule has 0 fully saturated rings. The fourth-order valence-electron chi connectivity index (χ4n) is 4.45. The summed E-state index contributed by atoms with van der Waals surface area (Å²) in [6.07, 6.45) is 5.01. The van der Waals surface area contributed by atoms with E-state index in [2.05, 4.69) is 23.1 Å². The molecule has 1 amide bonds. The Hall–Kier alpha value is -4.24. The first-order valence-corrected chi connectivity index (χ1v) is 12.4. The zero-order chi connectivity index (χ0) is 24.8. The van der Waals surface area contributed by atoms with Gasteiger partial charge in [-0.05, 0) is 54.8 Å². The van der Waals surface area contributed by atoms with Gasteiger partial charge in [-0.1, -0.05) is 18.2 Å². The predicted octanol–water partition coefficient (Wildman–Crippen LogP) is 5.31. The number of hydrogen-bond donors (Lipinski definition) is 0. The van der Waals surface area contributed by atoms with Crippen LogP contribution in [0.5, 0.6) is 0 Å². The molecule has 1 aliphatic rings. The van der Waals surface area contributed by atoms with E-state index in [1.54, 1.807) is 30.7 Å². The lowest BCUT2D eigenvalue weighted by molar-refractivity contribution is -0.134. The minimum absolute atomic E-state index is 0.198. The van der Waals surface area contributed by atoms with Crippen molar-refractivity contribution in [3.8, 4) is 11.1 Å². The van der Waals surface area contributed by atoms with Gasteiger partial charge in [-0.15, -0.1) is 11.3 Å². The molecule has 0 saturated heterocycles. The van der Waals surface area contributed by atoms with Crippen LogP contribution in [0.2, 0.25) is 0 Å². The molecule has 0 bridgehead atoms. The summed E-state index contributed by atoms with van der Waals surface area (Å²) in [4.78, 5) is 32.1. The Balaban J connectivity index is 1.35. The van der Waals surface area contributed by atoms with E-state index in [0.29, 0.717) is 33.9 Å². The molecule has 0 spiro atoms. The fourth-order valence-corrected chi connectivity index (χ4v) is 5.36. The highest BCUT2D eigenvalue weighted by atomic mass is 32.1. The Morgan fingerprint density at radius 3 is 2.69 bits per heavy atom. The topological polar surface area (TPSA) is 93.8 Å². The number of thiophene rings is 1. The van der Waals surface area contributed by atoms with Crippen molar-refractivity contribution in [3.05, 3.63) is 99.7 Å². The van der Waals surface area contributed by atoms with E-state index in [9.17, 15) is 9.59 Å². The molecule has 5 heterocycles. The maximum Gasteiger partial charge on any atom is 0.263 e. The minimum Gasteiger partial charge on any atom is -0.467 e. The molecule has 4 aromatic heterocycles. The molecule has 180 valence electrons. The first-order valence-electron chi connectivity index (χ1n) is 11.5. The van der Waals surface area contributed by atoms with E-state index in [4.69, 9.17) is 8.83 Å². The number of fused-ring (bicyclic) bond motifs is 1. The van der Waals surface area contributed by atoms with Gasteiger partial charge in [-0.3, -0.25) is 14.2 Å². The predicted molar refractivity (Wildman–Crippen MR) is 137 cm³/mol. The lowest BCUT2D eigenvalue weighted by Gasteiger charge is -2.20. The number of nitrogens with zero attached hydrogens (tertiary/aromatic N) is 4. The molecule has 1 aliphatic heterocycles. The largest absolute Gasteiger partial charge is 0.467 e. The number of hydrogen-bond acceptors (Lipinski definition) is 7. The maximum absolute atomic E-state index is 13.5. The number of hydrazone groups is 1. The van der Waals surface area contributed by atoms with Gasteiger partial charge in [0.05, 0.1) is 24.2 Å². The van der Waals surface area contributed by atoms with Gasteiger partial charge in [0.15, 0.2) is 0 Å². The standard InChI is InChI=1S/C27H22N4O4S/c1-16-7-8-18(11-17(16)2)19-14-36-26-25(19)27(33)30(15-28-26)13-24(32)31-21(23-6-4-10-35-23)12-20(29-31)22-5-3-9-34-22/h3-11,14-15,21H,12-13H2,1-2H3. The summed E-state index contributed by atoms with van der Waals surface area (Å²) in [5.41, 5.74) is 4.50. The van der Waals surface area contributed by atoms with Gasteiger partial charge in [-0.2, -0.15) is 5.10 Å². The Morgan fingerprint density at radius 1 is 1.11 bits per heavy atom. The van der Waals surface area contributed by atoms with Crippen molar-refractivity contribution in [2.75, 3.05) is 0 Å². The normalized spacial score (nSPS) is 15.6. The molecule has 0 N–H and O–H groups in total. The lowest BCUT2D eigenvalue weighted by Crippen LogP contribution is -2.33. The van der Waals surface area contributed by atoms with Crippen molar-refractivity contribution in [3.63, 3.8) is 0 Å². The zero-order valence-electron chi connectivity index (χ0n) is 19.7. The van der Waals surface area contributed by atoms with Crippen molar-refractivity contribution in [2.24, 2.45) is 5.10 Å². The van der Waals surface area contributed by atoms with E-state index in [1.807, 2.05) is 30.5 Å². The number of rotatable bonds is 5. The van der Waals surface area contributed by atoms with E-state index in [1.165, 1.54) is 32.8 Å². The molecule has 1 aromatic carbocycles. The van der Waals surface area contributed by atoms with Gasteiger partial charge in [0.2, 0.25) is 0 Å². The van der Waals surface area contributed by atoms with E-state index in [-0.39, 0.29) is 18.0 Å². The molecule has 9 heteroatoms. The lowest BCUT2D eigenvalue weighted by atomic mass is 10.0. The van der Waals surface area contributed by atoms with E-state index < -0.39 is 6.04 Å². The minimum atomic E-state index is -0.424. The van der Waals surface area contributed by atoms with Crippen LogP contribution >= 0.6 is 11.3 Å². The van der Waals surface area contributed by atoms with Gasteiger partial charge >= 0.3 is 0 Å². The number of aryl methyl sites for hydroxylation is 2. The highest BCUT2D eigenvalue weighted by Gasteiger charge is 2.36. The van der Waals surface area contributed by atoms with Crippen molar-refractivity contribution < 1.29 is 13.6 Å². The number of aromatic nitrogens is 2. The number of benzene rings is 1. The van der Waals surface area contributed by atoms with Crippen molar-refractivity contribution >= 4 is 33.2 Å². The monoisotopic (exact) mass is 498 g/mol. The average molecular weight is 499 g/mol. The highest BCUT2D eigenvalue weighted by molar-refractivity contribution is 7.17. The van der Waals surface area contributed by atoms with Crippen molar-refractivity contribution in [1.29, 1.82) is 0 Å². The molecular weight excluding hydrogens is 476 g/mol. The molecule has 5 aromatic rings. The number of carbonyl (C=O) groups excluding carboxylic acids is 1. The Morgan fingerprint density at radius 2 is 1.94 bits per heavy atom. The summed E-state index contributed by atoms with van der Waals surface area (Å²) in [6.45, 7) is 3.90. The smallest absolute Gasteiger partial charge is 0.263 e. The van der Waals surface area contributed by atoms with Gasteiger partial charge in [-0.25, -0.2) is 9.99 Å². The van der Waals surface area contributed by atoms with Crippen LogP contribution < -0.4 is 5.56 Å². The first-order chi connectivity index (χ1) is 17.5. The van der Waals surface area contributed by atoms with Crippen LogP contribution in [-0.4, -0.2) is 26.2 Å². The Labute approximate surface area is 210 Å². The molecule has 0 aliphatic carbocycles. The zero-order valence-corrected chi connectivity index (χ0v) is 20.5. The Bertz CT molecular complexity index is 1660. The maximum atomic E-state index is 13.5. The third-order valence-corrected chi connectivity index (χ3v) is 7.41. The molecule has 1 atom stereocenters. The molecular formula is C27H22N4O4S.